The van der Waals surface area contributed by atoms with Gasteiger partial charge in [0.25, 0.3) is 0 Å². The molecule has 1 fully saturated rings. The number of alkyl halides is 1. The zero-order valence-electron chi connectivity index (χ0n) is 19.9. The number of hydrogen-bond donors (Lipinski definition) is 2. The highest BCUT2D eigenvalue weighted by Crippen LogP contribution is 2.43. The third-order valence-electron chi connectivity index (χ3n) is 5.49. The van der Waals surface area contributed by atoms with Crippen molar-refractivity contribution in [1.82, 2.24) is 5.32 Å². The number of nitrogens with one attached hydrogen (secondary N) is 1. The summed E-state index contributed by atoms with van der Waals surface area (Å²) in [6.07, 6.45) is -1.80. The lowest BCUT2D eigenvalue weighted by molar-refractivity contribution is -0.143. The van der Waals surface area contributed by atoms with Crippen molar-refractivity contribution in [1.29, 1.82) is 0 Å². The number of imide groups is 1. The largest absolute Gasteiger partial charge is 0.697 e. The second-order valence-electron chi connectivity index (χ2n) is 9.41. The lowest BCUT2D eigenvalue weighted by Gasteiger charge is -2.33. The Labute approximate surface area is 213 Å². The van der Waals surface area contributed by atoms with Crippen LogP contribution in [-0.4, -0.2) is 58.9 Å². The molecule has 35 heavy (non-hydrogen) atoms. The van der Waals surface area contributed by atoms with Crippen LogP contribution in [0, 0.1) is 5.92 Å². The van der Waals surface area contributed by atoms with E-state index in [0.717, 1.165) is 16.5 Å². The minimum atomic E-state index is -2.54. The summed E-state index contributed by atoms with van der Waals surface area (Å²) in [6, 6.07) is 7.90. The first-order valence-electron chi connectivity index (χ1n) is 11.1. The zero-order chi connectivity index (χ0) is 25.8. The number of aliphatic hydroxyl groups is 1. The Morgan fingerprint density at radius 2 is 1.97 bits per heavy atom. The molecule has 0 saturated carbocycles. The van der Waals surface area contributed by atoms with Gasteiger partial charge in [-0.2, -0.15) is 0 Å². The minimum Gasteiger partial charge on any atom is -0.387 e. The van der Waals surface area contributed by atoms with E-state index in [1.807, 2.05) is 24.3 Å². The van der Waals surface area contributed by atoms with Crippen LogP contribution < -0.4 is 5.32 Å². The van der Waals surface area contributed by atoms with Crippen LogP contribution in [0.5, 0.6) is 0 Å². The number of amides is 2. The highest BCUT2D eigenvalue weighted by molar-refractivity contribution is 8.77. The fraction of sp³-hybridized carbons (Fsp3) is 0.565. The topological polar surface area (TPSA) is 111 Å². The van der Waals surface area contributed by atoms with Crippen LogP contribution in [0.1, 0.15) is 33.3 Å². The van der Waals surface area contributed by atoms with Crippen molar-refractivity contribution in [2.24, 2.45) is 5.92 Å². The predicted molar refractivity (Wildman–Crippen MR) is 133 cm³/mol. The molecule has 0 spiro atoms. The number of benzene rings is 1. The number of hydrogen-bond acceptors (Lipinski definition) is 9. The molecule has 2 amide bonds. The zero-order valence-corrected chi connectivity index (χ0v) is 22.5. The quantitative estimate of drug-likeness (QED) is 0.254. The standard InChI is InChI=1S/C23H29FNO7PS2/c1-22(2,3)35-34-17-8-6-5-7-14(17)11-12-30-33(29)31-13-16-19(27)20(24)23(4,32-16)15-9-10-18(26)25-21(15)28/h5-10,15-16,19-20,27H,11-13H2,1-4H3/p+1/t15?,16-,19-,20-,23+/m1/s1. The van der Waals surface area contributed by atoms with Crippen LogP contribution in [0.3, 0.4) is 0 Å². The number of carbonyl (C=O) groups is 2. The molecule has 2 aliphatic rings. The van der Waals surface area contributed by atoms with Gasteiger partial charge in [-0.1, -0.05) is 66.6 Å². The molecule has 1 saturated heterocycles. The fourth-order valence-corrected chi connectivity index (χ4v) is 6.53. The summed E-state index contributed by atoms with van der Waals surface area (Å²) in [5, 5.41) is 12.4. The van der Waals surface area contributed by atoms with E-state index in [-0.39, 0.29) is 11.4 Å². The number of carbonyl (C=O) groups excluding carboxylic acids is 2. The molecule has 2 unspecified atom stereocenters. The first-order valence-corrected chi connectivity index (χ1v) is 14.3. The molecule has 2 N–H and O–H groups in total. The van der Waals surface area contributed by atoms with Crippen LogP contribution in [-0.2, 0) is 34.4 Å². The second-order valence-corrected chi connectivity index (χ2v) is 13.4. The Bertz CT molecular complexity index is 989. The average molecular weight is 547 g/mol. The molecule has 1 aromatic rings. The van der Waals surface area contributed by atoms with E-state index in [1.54, 1.807) is 21.6 Å². The third-order valence-corrected chi connectivity index (χ3v) is 9.69. The molecule has 0 aromatic heterocycles. The van der Waals surface area contributed by atoms with E-state index in [9.17, 15) is 23.7 Å². The molecule has 8 nitrogen and oxygen atoms in total. The van der Waals surface area contributed by atoms with Crippen molar-refractivity contribution in [2.75, 3.05) is 13.2 Å². The summed E-state index contributed by atoms with van der Waals surface area (Å²) >= 11 is 0. The van der Waals surface area contributed by atoms with E-state index in [2.05, 4.69) is 26.1 Å². The number of halogens is 1. The summed E-state index contributed by atoms with van der Waals surface area (Å²) in [4.78, 5) is 24.6. The second kappa shape index (κ2) is 11.8. The van der Waals surface area contributed by atoms with E-state index >= 15 is 0 Å². The predicted octanol–water partition coefficient (Wildman–Crippen LogP) is 4.14. The van der Waals surface area contributed by atoms with E-state index in [4.69, 9.17) is 13.8 Å². The fourth-order valence-electron chi connectivity index (χ4n) is 3.69. The smallest absolute Gasteiger partial charge is 0.387 e. The highest BCUT2D eigenvalue weighted by Gasteiger charge is 2.58. The first kappa shape index (κ1) is 28.2. The van der Waals surface area contributed by atoms with Gasteiger partial charge in [-0.15, -0.1) is 9.05 Å². The summed E-state index contributed by atoms with van der Waals surface area (Å²) in [5.74, 6) is -2.44. The molecule has 0 aliphatic carbocycles. The van der Waals surface area contributed by atoms with Crippen molar-refractivity contribution in [3.05, 3.63) is 42.0 Å². The number of ether oxygens (including phenoxy) is 1. The third kappa shape index (κ3) is 7.35. The Hall–Kier alpha value is -1.33. The van der Waals surface area contributed by atoms with Gasteiger partial charge in [-0.05, 0) is 18.6 Å². The van der Waals surface area contributed by atoms with Crippen molar-refractivity contribution >= 4 is 41.7 Å². The van der Waals surface area contributed by atoms with Gasteiger partial charge < -0.3 is 9.84 Å². The van der Waals surface area contributed by atoms with Gasteiger partial charge in [0.15, 0.2) is 6.17 Å². The maximum Gasteiger partial charge on any atom is 0.697 e. The average Bonchev–Trinajstić information content (AvgIpc) is 3.00. The van der Waals surface area contributed by atoms with Crippen molar-refractivity contribution in [3.63, 3.8) is 0 Å². The molecule has 3 rings (SSSR count). The normalized spacial score (nSPS) is 29.4. The molecular formula is C23H30FNO7PS2+. The Morgan fingerprint density at radius 1 is 1.26 bits per heavy atom. The summed E-state index contributed by atoms with van der Waals surface area (Å²) in [5.41, 5.74) is -0.659. The van der Waals surface area contributed by atoms with Gasteiger partial charge in [0.1, 0.15) is 31.0 Å². The molecular weight excluding hydrogens is 516 g/mol. The SMILES string of the molecule is CC(C)(C)SSc1ccccc1CCO[P+](=O)OC[C@H]1O[C@@](C)(C2C=CC(=O)NC2=O)[C@H](F)[C@@H]1O. The molecule has 0 radical (unpaired) electrons. The maximum absolute atomic E-state index is 14.9. The molecule has 2 heterocycles. The monoisotopic (exact) mass is 546 g/mol. The van der Waals surface area contributed by atoms with Crippen molar-refractivity contribution in [3.8, 4) is 0 Å². The number of rotatable bonds is 10. The number of aliphatic hydroxyl groups excluding tert-OH is 1. The van der Waals surface area contributed by atoms with Crippen LogP contribution in [0.25, 0.3) is 0 Å². The van der Waals surface area contributed by atoms with Gasteiger partial charge in [0, 0.05) is 26.7 Å². The van der Waals surface area contributed by atoms with Gasteiger partial charge >= 0.3 is 8.25 Å². The van der Waals surface area contributed by atoms with Gasteiger partial charge in [0.2, 0.25) is 11.8 Å². The minimum absolute atomic E-state index is 0.0987. The first-order chi connectivity index (χ1) is 16.4. The molecule has 6 atom stereocenters. The molecule has 1 aromatic carbocycles. The Morgan fingerprint density at radius 3 is 2.66 bits per heavy atom. The van der Waals surface area contributed by atoms with Crippen LogP contribution >= 0.6 is 29.8 Å². The maximum atomic E-state index is 14.9. The molecule has 2 aliphatic heterocycles. The van der Waals surface area contributed by atoms with Crippen molar-refractivity contribution < 1.29 is 37.4 Å². The van der Waals surface area contributed by atoms with E-state index < -0.39 is 56.6 Å². The molecule has 12 heteroatoms. The summed E-state index contributed by atoms with van der Waals surface area (Å²) in [6.45, 7) is 7.51. The van der Waals surface area contributed by atoms with E-state index in [0.29, 0.717) is 6.42 Å². The summed E-state index contributed by atoms with van der Waals surface area (Å²) < 4.78 is 43.4. The molecule has 192 valence electrons. The lowest BCUT2D eigenvalue weighted by atomic mass is 9.82. The lowest BCUT2D eigenvalue weighted by Crippen LogP contribution is -2.52. The van der Waals surface area contributed by atoms with Crippen LogP contribution in [0.2, 0.25) is 0 Å². The highest BCUT2D eigenvalue weighted by atomic mass is 33.1. The van der Waals surface area contributed by atoms with Crippen LogP contribution in [0.4, 0.5) is 4.39 Å². The van der Waals surface area contributed by atoms with Gasteiger partial charge in [-0.25, -0.2) is 4.39 Å². The summed E-state index contributed by atoms with van der Waals surface area (Å²) in [7, 11) is 0.894. The van der Waals surface area contributed by atoms with E-state index in [1.165, 1.54) is 13.0 Å². The molecule has 0 bridgehead atoms. The Balaban J connectivity index is 1.49. The van der Waals surface area contributed by atoms with Gasteiger partial charge in [-0.3, -0.25) is 14.9 Å². The Kier molecular flexibility index (Phi) is 9.53. The van der Waals surface area contributed by atoms with Crippen molar-refractivity contribution in [2.45, 2.75) is 67.7 Å². The van der Waals surface area contributed by atoms with Gasteiger partial charge in [0.05, 0.1) is 5.92 Å². The van der Waals surface area contributed by atoms with Crippen LogP contribution in [0.15, 0.2) is 41.3 Å².